The fourth-order valence-corrected chi connectivity index (χ4v) is 3.83. The number of halogens is 1. The predicted molar refractivity (Wildman–Crippen MR) is 114 cm³/mol. The van der Waals surface area contributed by atoms with E-state index in [9.17, 15) is 9.18 Å². The molecule has 152 valence electrons. The number of benzene rings is 2. The van der Waals surface area contributed by atoms with Crippen molar-refractivity contribution in [2.24, 2.45) is 0 Å². The summed E-state index contributed by atoms with van der Waals surface area (Å²) in [6.45, 7) is 2.02. The summed E-state index contributed by atoms with van der Waals surface area (Å²) in [5.74, 6) is -0.250. The number of hydrogen-bond donors (Lipinski definition) is 1. The van der Waals surface area contributed by atoms with E-state index >= 15 is 0 Å². The molecule has 0 fully saturated rings. The molecule has 29 heavy (non-hydrogen) atoms. The molecule has 7 heteroatoms. The van der Waals surface area contributed by atoms with Gasteiger partial charge in [0.1, 0.15) is 11.6 Å². The van der Waals surface area contributed by atoms with Gasteiger partial charge >= 0.3 is 5.97 Å². The highest BCUT2D eigenvalue weighted by Gasteiger charge is 2.37. The lowest BCUT2D eigenvalue weighted by Crippen LogP contribution is -2.48. The van der Waals surface area contributed by atoms with Crippen molar-refractivity contribution in [1.82, 2.24) is 5.32 Å². The number of nitrogens with one attached hydrogen (secondary N) is 1. The van der Waals surface area contributed by atoms with Crippen LogP contribution in [-0.4, -0.2) is 25.3 Å². The van der Waals surface area contributed by atoms with Crippen molar-refractivity contribution < 1.29 is 18.7 Å². The molecule has 0 amide bonds. The second-order valence-corrected chi connectivity index (χ2v) is 6.93. The Morgan fingerprint density at radius 3 is 2.62 bits per heavy atom. The number of ether oxygens (including phenoxy) is 2. The van der Waals surface area contributed by atoms with Crippen molar-refractivity contribution in [3.05, 3.63) is 71.2 Å². The van der Waals surface area contributed by atoms with Crippen molar-refractivity contribution >= 4 is 29.0 Å². The van der Waals surface area contributed by atoms with E-state index in [1.54, 1.807) is 24.1 Å². The first-order valence-corrected chi connectivity index (χ1v) is 9.73. The molecule has 2 aromatic carbocycles. The van der Waals surface area contributed by atoms with Crippen molar-refractivity contribution in [2.45, 2.75) is 25.8 Å². The number of hydrogen-bond acceptors (Lipinski definition) is 4. The van der Waals surface area contributed by atoms with Crippen LogP contribution in [0.2, 0.25) is 0 Å². The fraction of sp³-hybridized carbons (Fsp3) is 0.273. The third kappa shape index (κ3) is 4.10. The number of allylic oxidation sites excluding steroid dienone is 1. The minimum absolute atomic E-state index is 0.386. The number of nitrogens with zero attached hydrogens (tertiary/aromatic N) is 1. The third-order valence-corrected chi connectivity index (χ3v) is 5.04. The van der Waals surface area contributed by atoms with Gasteiger partial charge in [-0.15, -0.1) is 0 Å². The van der Waals surface area contributed by atoms with Gasteiger partial charge in [-0.1, -0.05) is 37.6 Å². The Balaban J connectivity index is 2.25. The molecule has 0 bridgehead atoms. The maximum Gasteiger partial charge on any atom is 0.337 e. The highest BCUT2D eigenvalue weighted by Crippen LogP contribution is 2.39. The number of thiocarbonyl (C=S) groups is 1. The molecule has 0 saturated heterocycles. The van der Waals surface area contributed by atoms with Gasteiger partial charge in [0, 0.05) is 5.70 Å². The number of para-hydroxylation sites is 2. The van der Waals surface area contributed by atoms with Crippen LogP contribution in [0, 0.1) is 5.82 Å². The average molecular weight is 415 g/mol. The van der Waals surface area contributed by atoms with Gasteiger partial charge in [0.25, 0.3) is 0 Å². The zero-order valence-electron chi connectivity index (χ0n) is 16.6. The second-order valence-electron chi connectivity index (χ2n) is 6.55. The molecule has 2 aromatic rings. The first kappa shape index (κ1) is 20.8. The van der Waals surface area contributed by atoms with Gasteiger partial charge in [0.2, 0.25) is 0 Å². The lowest BCUT2D eigenvalue weighted by atomic mass is 9.92. The number of esters is 1. The molecule has 3 rings (SSSR count). The number of carbonyl (C=O) groups is 1. The quantitative estimate of drug-likeness (QED) is 0.555. The van der Waals surface area contributed by atoms with E-state index in [1.807, 2.05) is 31.2 Å². The molecular weight excluding hydrogens is 391 g/mol. The van der Waals surface area contributed by atoms with Gasteiger partial charge in [-0.3, -0.25) is 4.90 Å². The van der Waals surface area contributed by atoms with Gasteiger partial charge < -0.3 is 14.8 Å². The van der Waals surface area contributed by atoms with Gasteiger partial charge in [0.15, 0.2) is 5.11 Å². The van der Waals surface area contributed by atoms with E-state index in [4.69, 9.17) is 21.7 Å². The third-order valence-electron chi connectivity index (χ3n) is 4.74. The molecule has 5 nitrogen and oxygen atoms in total. The van der Waals surface area contributed by atoms with Crippen LogP contribution >= 0.6 is 12.2 Å². The number of methoxy groups -OCH3 is 2. The molecular formula is C22H23FN2O3S. The van der Waals surface area contributed by atoms with Crippen molar-refractivity contribution in [3.63, 3.8) is 0 Å². The van der Waals surface area contributed by atoms with E-state index in [1.165, 1.54) is 19.2 Å². The van der Waals surface area contributed by atoms with Crippen LogP contribution in [0.5, 0.6) is 5.75 Å². The summed E-state index contributed by atoms with van der Waals surface area (Å²) in [6, 6.07) is 13.0. The minimum atomic E-state index is -0.613. The Bertz CT molecular complexity index is 961. The molecule has 0 aromatic heterocycles. The number of anilines is 1. The van der Waals surface area contributed by atoms with Gasteiger partial charge in [0.05, 0.1) is 31.5 Å². The molecule has 0 saturated carbocycles. The van der Waals surface area contributed by atoms with Crippen LogP contribution in [-0.2, 0) is 9.53 Å². The summed E-state index contributed by atoms with van der Waals surface area (Å²) < 4.78 is 24.5. The fourth-order valence-electron chi connectivity index (χ4n) is 3.50. The van der Waals surface area contributed by atoms with Crippen LogP contribution in [0.1, 0.15) is 31.4 Å². The molecule has 1 atom stereocenters. The van der Waals surface area contributed by atoms with E-state index in [-0.39, 0.29) is 5.82 Å². The normalized spacial score (nSPS) is 16.5. The van der Waals surface area contributed by atoms with E-state index < -0.39 is 12.0 Å². The first-order chi connectivity index (χ1) is 14.0. The molecule has 1 aliphatic rings. The number of rotatable bonds is 6. The van der Waals surface area contributed by atoms with Crippen molar-refractivity contribution in [1.29, 1.82) is 0 Å². The number of carbonyl (C=O) groups excluding carboxylic acids is 1. The smallest absolute Gasteiger partial charge is 0.337 e. The van der Waals surface area contributed by atoms with Gasteiger partial charge in [-0.25, -0.2) is 9.18 Å². The Morgan fingerprint density at radius 1 is 1.21 bits per heavy atom. The lowest BCUT2D eigenvalue weighted by molar-refractivity contribution is -0.136. The van der Waals surface area contributed by atoms with Gasteiger partial charge in [-0.05, 0) is 48.5 Å². The van der Waals surface area contributed by atoms with Crippen LogP contribution in [0.15, 0.2) is 59.8 Å². The summed E-state index contributed by atoms with van der Waals surface area (Å²) in [6.07, 6.45) is 1.36. The summed E-state index contributed by atoms with van der Waals surface area (Å²) in [4.78, 5) is 14.6. The summed E-state index contributed by atoms with van der Waals surface area (Å²) >= 11 is 5.67. The van der Waals surface area contributed by atoms with Gasteiger partial charge in [-0.2, -0.15) is 0 Å². The largest absolute Gasteiger partial charge is 0.495 e. The topological polar surface area (TPSA) is 50.8 Å². The lowest BCUT2D eigenvalue weighted by Gasteiger charge is -2.39. The molecule has 0 spiro atoms. The molecule has 1 N–H and O–H groups in total. The highest BCUT2D eigenvalue weighted by molar-refractivity contribution is 7.80. The standard InChI is InChI=1S/C22H23FN2O3S/c1-4-8-17-19(21(26)28-3)20(14-9-7-10-15(23)13-14)24-22(29)25(17)16-11-5-6-12-18(16)27-2/h5-7,9-13,20H,4,8H2,1-3H3,(H,24,29)/t20-/m0/s1. The first-order valence-electron chi connectivity index (χ1n) is 9.32. The SMILES string of the molecule is CCCC1=C(C(=O)OC)[C@H](c2cccc(F)c2)NC(=S)N1c1ccccc1OC. The second kappa shape index (κ2) is 9.05. The van der Waals surface area contributed by atoms with E-state index in [2.05, 4.69) is 5.32 Å². The van der Waals surface area contributed by atoms with Crippen LogP contribution in [0.4, 0.5) is 10.1 Å². The minimum Gasteiger partial charge on any atom is -0.495 e. The molecule has 1 aliphatic heterocycles. The van der Waals surface area contributed by atoms with E-state index in [0.29, 0.717) is 34.1 Å². The van der Waals surface area contributed by atoms with Crippen molar-refractivity contribution in [2.75, 3.05) is 19.1 Å². The zero-order chi connectivity index (χ0) is 21.0. The summed E-state index contributed by atoms with van der Waals surface area (Å²) in [5, 5.41) is 3.59. The summed E-state index contributed by atoms with van der Waals surface area (Å²) in [7, 11) is 2.92. The molecule has 0 radical (unpaired) electrons. The summed E-state index contributed by atoms with van der Waals surface area (Å²) in [5.41, 5.74) is 2.43. The Labute approximate surface area is 175 Å². The Morgan fingerprint density at radius 2 is 1.97 bits per heavy atom. The maximum atomic E-state index is 13.9. The van der Waals surface area contributed by atoms with Crippen LogP contribution in [0.25, 0.3) is 0 Å². The molecule has 0 aliphatic carbocycles. The monoisotopic (exact) mass is 414 g/mol. The van der Waals surface area contributed by atoms with Crippen LogP contribution < -0.4 is 15.0 Å². The van der Waals surface area contributed by atoms with Crippen molar-refractivity contribution in [3.8, 4) is 5.75 Å². The maximum absolute atomic E-state index is 13.9. The molecule has 0 unspecified atom stereocenters. The predicted octanol–water partition coefficient (Wildman–Crippen LogP) is 4.50. The van der Waals surface area contributed by atoms with E-state index in [0.717, 1.165) is 12.1 Å². The average Bonchev–Trinajstić information content (AvgIpc) is 2.73. The van der Waals surface area contributed by atoms with Crippen LogP contribution in [0.3, 0.4) is 0 Å². The molecule has 1 heterocycles. The zero-order valence-corrected chi connectivity index (χ0v) is 17.4. The Hall–Kier alpha value is -2.93. The Kier molecular flexibility index (Phi) is 6.49. The highest BCUT2D eigenvalue weighted by atomic mass is 32.1.